The molecular formula is C23H20N2O3. The number of rotatable bonds is 6. The number of carbonyl (C=O) groups is 2. The fraction of sp³-hybridized carbons (Fsp3) is 0.0870. The zero-order chi connectivity index (χ0) is 19.8. The Labute approximate surface area is 163 Å². The van der Waals surface area contributed by atoms with E-state index in [4.69, 9.17) is 4.74 Å². The quantitative estimate of drug-likeness (QED) is 0.309. The van der Waals surface area contributed by atoms with Crippen LogP contribution in [0.25, 0.3) is 0 Å². The van der Waals surface area contributed by atoms with Crippen molar-refractivity contribution in [3.8, 4) is 5.75 Å². The van der Waals surface area contributed by atoms with Gasteiger partial charge in [-0.1, -0.05) is 48.0 Å². The maximum Gasteiger partial charge on any atom is 0.343 e. The van der Waals surface area contributed by atoms with Crippen LogP contribution >= 0.6 is 0 Å². The molecule has 0 aliphatic heterocycles. The summed E-state index contributed by atoms with van der Waals surface area (Å²) in [6.07, 6.45) is 1.81. The fourth-order valence-electron chi connectivity index (χ4n) is 2.48. The molecule has 0 aromatic heterocycles. The van der Waals surface area contributed by atoms with Gasteiger partial charge in [0.2, 0.25) is 5.91 Å². The number of ether oxygens (including phenoxy) is 1. The third-order valence-corrected chi connectivity index (χ3v) is 3.99. The van der Waals surface area contributed by atoms with E-state index in [2.05, 4.69) is 10.5 Å². The van der Waals surface area contributed by atoms with E-state index in [0.717, 1.165) is 16.7 Å². The van der Waals surface area contributed by atoms with Gasteiger partial charge in [-0.25, -0.2) is 10.2 Å². The highest BCUT2D eigenvalue weighted by Crippen LogP contribution is 2.14. The van der Waals surface area contributed by atoms with Crippen molar-refractivity contribution in [1.29, 1.82) is 0 Å². The number of carbonyl (C=O) groups excluding carboxylic acids is 2. The molecule has 0 spiro atoms. The summed E-state index contributed by atoms with van der Waals surface area (Å²) in [5.41, 5.74) is 5.77. The molecule has 0 fully saturated rings. The number of hydrogen-bond donors (Lipinski definition) is 1. The number of benzene rings is 3. The van der Waals surface area contributed by atoms with Crippen LogP contribution in [0.5, 0.6) is 5.75 Å². The van der Waals surface area contributed by atoms with E-state index in [9.17, 15) is 9.59 Å². The Hall–Kier alpha value is -3.73. The number of aryl methyl sites for hydroxylation is 1. The van der Waals surface area contributed by atoms with Crippen LogP contribution in [-0.2, 0) is 11.2 Å². The Morgan fingerprint density at radius 1 is 0.929 bits per heavy atom. The summed E-state index contributed by atoms with van der Waals surface area (Å²) in [4.78, 5) is 24.0. The molecule has 0 radical (unpaired) electrons. The molecule has 5 heteroatoms. The van der Waals surface area contributed by atoms with Crippen molar-refractivity contribution in [1.82, 2.24) is 5.43 Å². The molecule has 28 heavy (non-hydrogen) atoms. The maximum atomic E-state index is 12.1. The summed E-state index contributed by atoms with van der Waals surface area (Å²) in [6.45, 7) is 1.96. The first-order chi connectivity index (χ1) is 13.6. The van der Waals surface area contributed by atoms with Gasteiger partial charge >= 0.3 is 5.97 Å². The molecule has 5 nitrogen and oxygen atoms in total. The van der Waals surface area contributed by atoms with Crippen molar-refractivity contribution < 1.29 is 14.3 Å². The molecule has 0 aliphatic rings. The molecule has 3 rings (SSSR count). The summed E-state index contributed by atoms with van der Waals surface area (Å²) in [6, 6.07) is 23.5. The number of esters is 1. The standard InChI is InChI=1S/C23H20N2O3/c1-17-7-11-20(12-8-17)23(27)28-21-13-9-19(10-14-21)16-24-25-22(26)15-18-5-3-2-4-6-18/h2-14,16H,15H2,1H3,(H,25,26). The lowest BCUT2D eigenvalue weighted by molar-refractivity contribution is -0.120. The van der Waals surface area contributed by atoms with Crippen molar-refractivity contribution in [2.75, 3.05) is 0 Å². The third-order valence-electron chi connectivity index (χ3n) is 3.99. The van der Waals surface area contributed by atoms with Crippen LogP contribution in [-0.4, -0.2) is 18.1 Å². The molecule has 1 amide bonds. The van der Waals surface area contributed by atoms with E-state index >= 15 is 0 Å². The molecule has 0 saturated carbocycles. The average Bonchev–Trinajstić information content (AvgIpc) is 2.70. The molecule has 0 saturated heterocycles. The van der Waals surface area contributed by atoms with Gasteiger partial charge < -0.3 is 4.74 Å². The lowest BCUT2D eigenvalue weighted by atomic mass is 10.1. The SMILES string of the molecule is Cc1ccc(C(=O)Oc2ccc(C=NNC(=O)Cc3ccccc3)cc2)cc1. The maximum absolute atomic E-state index is 12.1. The van der Waals surface area contributed by atoms with Gasteiger partial charge in [-0.15, -0.1) is 0 Å². The summed E-state index contributed by atoms with van der Waals surface area (Å²) in [5.74, 6) is -0.156. The van der Waals surface area contributed by atoms with Crippen molar-refractivity contribution in [2.24, 2.45) is 5.10 Å². The van der Waals surface area contributed by atoms with E-state index < -0.39 is 5.97 Å². The number of nitrogens with zero attached hydrogens (tertiary/aromatic N) is 1. The Kier molecular flexibility index (Phi) is 6.31. The zero-order valence-electron chi connectivity index (χ0n) is 15.5. The van der Waals surface area contributed by atoms with Crippen molar-refractivity contribution in [2.45, 2.75) is 13.3 Å². The molecule has 0 atom stereocenters. The first-order valence-electron chi connectivity index (χ1n) is 8.85. The monoisotopic (exact) mass is 372 g/mol. The number of nitrogens with one attached hydrogen (secondary N) is 1. The highest BCUT2D eigenvalue weighted by molar-refractivity contribution is 5.91. The molecule has 3 aromatic rings. The van der Waals surface area contributed by atoms with Crippen LogP contribution in [0.15, 0.2) is 84.0 Å². The Balaban J connectivity index is 1.51. The molecule has 3 aromatic carbocycles. The van der Waals surface area contributed by atoms with Crippen LogP contribution in [0.1, 0.15) is 27.0 Å². The van der Waals surface area contributed by atoms with E-state index in [-0.39, 0.29) is 12.3 Å². The average molecular weight is 372 g/mol. The second kappa shape index (κ2) is 9.28. The van der Waals surface area contributed by atoms with Gasteiger partial charge in [0.25, 0.3) is 0 Å². The summed E-state index contributed by atoms with van der Waals surface area (Å²) in [5, 5.41) is 3.95. The normalized spacial score (nSPS) is 10.6. The molecule has 140 valence electrons. The lowest BCUT2D eigenvalue weighted by Crippen LogP contribution is -2.19. The fourth-order valence-corrected chi connectivity index (χ4v) is 2.48. The number of hydrogen-bond acceptors (Lipinski definition) is 4. The van der Waals surface area contributed by atoms with E-state index in [1.54, 1.807) is 36.4 Å². The molecule has 0 aliphatic carbocycles. The predicted molar refractivity (Wildman–Crippen MR) is 108 cm³/mol. The molecule has 0 bridgehead atoms. The number of hydrazone groups is 1. The molecule has 0 unspecified atom stereocenters. The van der Waals surface area contributed by atoms with Gasteiger partial charge in [0.15, 0.2) is 0 Å². The Bertz CT molecular complexity index is 963. The van der Waals surface area contributed by atoms with Crippen molar-refractivity contribution in [3.63, 3.8) is 0 Å². The van der Waals surface area contributed by atoms with Gasteiger partial charge in [0.1, 0.15) is 5.75 Å². The first-order valence-corrected chi connectivity index (χ1v) is 8.85. The second-order valence-corrected chi connectivity index (χ2v) is 6.28. The van der Waals surface area contributed by atoms with Gasteiger partial charge in [-0.2, -0.15) is 5.10 Å². The first kappa shape index (κ1) is 19.0. The van der Waals surface area contributed by atoms with Crippen LogP contribution in [0, 0.1) is 6.92 Å². The minimum atomic E-state index is -0.408. The summed E-state index contributed by atoms with van der Waals surface area (Å²) >= 11 is 0. The highest BCUT2D eigenvalue weighted by Gasteiger charge is 2.08. The molecular weight excluding hydrogens is 352 g/mol. The molecule has 1 N–H and O–H groups in total. The highest BCUT2D eigenvalue weighted by atomic mass is 16.5. The van der Waals surface area contributed by atoms with Crippen molar-refractivity contribution >= 4 is 18.1 Å². The van der Waals surface area contributed by atoms with E-state index in [1.165, 1.54) is 6.21 Å². The smallest absolute Gasteiger partial charge is 0.343 e. The van der Waals surface area contributed by atoms with Gasteiger partial charge in [-0.05, 0) is 54.4 Å². The van der Waals surface area contributed by atoms with Gasteiger partial charge in [-0.3, -0.25) is 4.79 Å². The summed E-state index contributed by atoms with van der Waals surface area (Å²) < 4.78 is 5.35. The van der Waals surface area contributed by atoms with Gasteiger partial charge in [0.05, 0.1) is 18.2 Å². The third kappa shape index (κ3) is 5.64. The Morgan fingerprint density at radius 2 is 1.61 bits per heavy atom. The topological polar surface area (TPSA) is 67.8 Å². The van der Waals surface area contributed by atoms with E-state index in [0.29, 0.717) is 11.3 Å². The van der Waals surface area contributed by atoms with Crippen LogP contribution in [0.4, 0.5) is 0 Å². The van der Waals surface area contributed by atoms with E-state index in [1.807, 2.05) is 49.4 Å². The minimum absolute atomic E-state index is 0.189. The predicted octanol–water partition coefficient (Wildman–Crippen LogP) is 3.91. The van der Waals surface area contributed by atoms with Gasteiger partial charge in [0, 0.05) is 0 Å². The Morgan fingerprint density at radius 3 is 2.29 bits per heavy atom. The minimum Gasteiger partial charge on any atom is -0.423 e. The lowest BCUT2D eigenvalue weighted by Gasteiger charge is -2.05. The number of amides is 1. The van der Waals surface area contributed by atoms with Crippen LogP contribution in [0.3, 0.4) is 0 Å². The van der Waals surface area contributed by atoms with Crippen molar-refractivity contribution in [3.05, 3.63) is 101 Å². The molecule has 0 heterocycles. The second-order valence-electron chi connectivity index (χ2n) is 6.28. The van der Waals surface area contributed by atoms with Crippen LogP contribution in [0.2, 0.25) is 0 Å². The largest absolute Gasteiger partial charge is 0.423 e. The zero-order valence-corrected chi connectivity index (χ0v) is 15.5. The summed E-state index contributed by atoms with van der Waals surface area (Å²) in [7, 11) is 0. The van der Waals surface area contributed by atoms with Crippen LogP contribution < -0.4 is 10.2 Å².